The van der Waals surface area contributed by atoms with E-state index in [0.29, 0.717) is 11.6 Å². The van der Waals surface area contributed by atoms with Gasteiger partial charge in [0.15, 0.2) is 0 Å². The van der Waals surface area contributed by atoms with Crippen LogP contribution in [0.2, 0.25) is 0 Å². The average molecular weight is 236 g/mol. The van der Waals surface area contributed by atoms with E-state index < -0.39 is 0 Å². The lowest BCUT2D eigenvalue weighted by molar-refractivity contribution is -0.123. The fourth-order valence-corrected chi connectivity index (χ4v) is 1.94. The average Bonchev–Trinajstić information content (AvgIpc) is 3.08. The molecule has 0 saturated heterocycles. The molecule has 84 valence electrons. The molecule has 0 atom stereocenters. The van der Waals surface area contributed by atoms with Crippen LogP contribution in [0.4, 0.5) is 0 Å². The third-order valence-corrected chi connectivity index (χ3v) is 3.09. The highest BCUT2D eigenvalue weighted by atomic mass is 35.5. The molecule has 0 radical (unpaired) electrons. The molecule has 0 heterocycles. The third kappa shape index (κ3) is 2.12. The summed E-state index contributed by atoms with van der Waals surface area (Å²) < 4.78 is 0. The van der Waals surface area contributed by atoms with Gasteiger partial charge in [-0.3, -0.25) is 4.79 Å². The molecular formula is C13H14ClNO. The highest BCUT2D eigenvalue weighted by Gasteiger charge is 2.50. The second kappa shape index (κ2) is 4.30. The van der Waals surface area contributed by atoms with E-state index >= 15 is 0 Å². The third-order valence-electron chi connectivity index (χ3n) is 2.95. The topological polar surface area (TPSA) is 29.1 Å². The van der Waals surface area contributed by atoms with Crippen LogP contribution in [-0.2, 0) is 10.2 Å². The summed E-state index contributed by atoms with van der Waals surface area (Å²) in [6.45, 7) is 3.90. The summed E-state index contributed by atoms with van der Waals surface area (Å²) in [6, 6.07) is 9.88. The molecule has 2 nitrogen and oxygen atoms in total. The van der Waals surface area contributed by atoms with E-state index in [1.165, 1.54) is 0 Å². The van der Waals surface area contributed by atoms with Gasteiger partial charge in [-0.15, -0.1) is 0 Å². The van der Waals surface area contributed by atoms with Crippen molar-refractivity contribution in [2.45, 2.75) is 18.3 Å². The minimum Gasteiger partial charge on any atom is -0.350 e. The van der Waals surface area contributed by atoms with Crippen molar-refractivity contribution in [1.29, 1.82) is 0 Å². The molecule has 1 fully saturated rings. The minimum absolute atomic E-state index is 0.0560. The molecule has 0 spiro atoms. The molecule has 0 unspecified atom stereocenters. The van der Waals surface area contributed by atoms with Crippen molar-refractivity contribution < 1.29 is 4.79 Å². The van der Waals surface area contributed by atoms with Crippen LogP contribution in [0.5, 0.6) is 0 Å². The van der Waals surface area contributed by atoms with E-state index in [2.05, 4.69) is 11.9 Å². The van der Waals surface area contributed by atoms with Crippen LogP contribution in [0.3, 0.4) is 0 Å². The first-order valence-corrected chi connectivity index (χ1v) is 5.70. The van der Waals surface area contributed by atoms with E-state index in [9.17, 15) is 4.79 Å². The second-order valence-corrected chi connectivity index (χ2v) is 4.68. The molecule has 0 aliphatic heterocycles. The lowest BCUT2D eigenvalue weighted by atomic mass is 9.95. The molecule has 1 aliphatic carbocycles. The van der Waals surface area contributed by atoms with Crippen LogP contribution in [0, 0.1) is 0 Å². The van der Waals surface area contributed by atoms with Gasteiger partial charge in [0.1, 0.15) is 0 Å². The molecule has 2 rings (SSSR count). The fraction of sp³-hybridized carbons (Fsp3) is 0.308. The Labute approximate surface area is 100 Å². The zero-order valence-electron chi connectivity index (χ0n) is 9.00. The normalized spacial score (nSPS) is 16.6. The van der Waals surface area contributed by atoms with Crippen molar-refractivity contribution in [2.24, 2.45) is 0 Å². The number of halogens is 1. The Morgan fingerprint density at radius 3 is 2.50 bits per heavy atom. The molecule has 0 aromatic heterocycles. The Morgan fingerprint density at radius 1 is 1.38 bits per heavy atom. The van der Waals surface area contributed by atoms with Gasteiger partial charge < -0.3 is 5.32 Å². The van der Waals surface area contributed by atoms with Gasteiger partial charge in [-0.05, 0) is 18.4 Å². The van der Waals surface area contributed by atoms with Crippen LogP contribution in [0.1, 0.15) is 18.4 Å². The first-order chi connectivity index (χ1) is 7.65. The Hall–Kier alpha value is -1.28. The monoisotopic (exact) mass is 235 g/mol. The van der Waals surface area contributed by atoms with Gasteiger partial charge in [0.2, 0.25) is 5.91 Å². The number of amides is 1. The van der Waals surface area contributed by atoms with Crippen molar-refractivity contribution >= 4 is 17.5 Å². The maximum Gasteiger partial charge on any atom is 0.230 e. The molecule has 1 amide bonds. The second-order valence-electron chi connectivity index (χ2n) is 4.15. The number of benzene rings is 1. The summed E-state index contributed by atoms with van der Waals surface area (Å²) in [4.78, 5) is 12.0. The van der Waals surface area contributed by atoms with Crippen molar-refractivity contribution in [3.8, 4) is 0 Å². The smallest absolute Gasteiger partial charge is 0.230 e. The molecule has 1 N–H and O–H groups in total. The predicted molar refractivity (Wildman–Crippen MR) is 65.4 cm³/mol. The number of carbonyl (C=O) groups is 1. The molecule has 1 aromatic rings. The maximum atomic E-state index is 12.0. The van der Waals surface area contributed by atoms with Crippen LogP contribution < -0.4 is 5.32 Å². The molecule has 1 aromatic carbocycles. The quantitative estimate of drug-likeness (QED) is 0.854. The lowest BCUT2D eigenvalue weighted by Gasteiger charge is -2.15. The maximum absolute atomic E-state index is 12.0. The predicted octanol–water partition coefficient (Wildman–Crippen LogP) is 2.59. The van der Waals surface area contributed by atoms with Gasteiger partial charge >= 0.3 is 0 Å². The summed E-state index contributed by atoms with van der Waals surface area (Å²) in [5.41, 5.74) is 0.779. The Kier molecular flexibility index (Phi) is 3.01. The first-order valence-electron chi connectivity index (χ1n) is 5.32. The highest BCUT2D eigenvalue weighted by Crippen LogP contribution is 2.48. The molecule has 3 heteroatoms. The summed E-state index contributed by atoms with van der Waals surface area (Å²) >= 11 is 5.63. The van der Waals surface area contributed by atoms with Gasteiger partial charge in [-0.2, -0.15) is 0 Å². The zero-order valence-corrected chi connectivity index (χ0v) is 9.76. The largest absolute Gasteiger partial charge is 0.350 e. The van der Waals surface area contributed by atoms with Gasteiger partial charge in [-0.1, -0.05) is 48.5 Å². The van der Waals surface area contributed by atoms with E-state index in [-0.39, 0.29) is 11.3 Å². The van der Waals surface area contributed by atoms with E-state index in [1.807, 2.05) is 30.3 Å². The van der Waals surface area contributed by atoms with Crippen LogP contribution in [-0.4, -0.2) is 12.5 Å². The van der Waals surface area contributed by atoms with E-state index in [0.717, 1.165) is 18.4 Å². The van der Waals surface area contributed by atoms with Gasteiger partial charge in [-0.25, -0.2) is 0 Å². The van der Waals surface area contributed by atoms with Gasteiger partial charge in [0, 0.05) is 5.03 Å². The number of hydrogen-bond acceptors (Lipinski definition) is 1. The van der Waals surface area contributed by atoms with Crippen LogP contribution >= 0.6 is 11.6 Å². The first kappa shape index (κ1) is 11.2. The fourth-order valence-electron chi connectivity index (χ4n) is 1.87. The van der Waals surface area contributed by atoms with Crippen molar-refractivity contribution in [2.75, 3.05) is 6.54 Å². The summed E-state index contributed by atoms with van der Waals surface area (Å²) in [5, 5.41) is 3.27. The van der Waals surface area contributed by atoms with Crippen LogP contribution in [0.15, 0.2) is 41.9 Å². The standard InChI is InChI=1S/C13H14ClNO/c1-10(14)9-15-12(16)13(7-8-13)11-5-3-2-4-6-11/h2-6H,1,7-9H2,(H,15,16). The molecule has 0 bridgehead atoms. The lowest BCUT2D eigenvalue weighted by Crippen LogP contribution is -2.35. The van der Waals surface area contributed by atoms with Crippen molar-refractivity contribution in [3.63, 3.8) is 0 Å². The minimum atomic E-state index is -0.312. The Balaban J connectivity index is 2.09. The number of hydrogen-bond donors (Lipinski definition) is 1. The summed E-state index contributed by atoms with van der Waals surface area (Å²) in [5.74, 6) is 0.0560. The SMILES string of the molecule is C=C(Cl)CNC(=O)C1(c2ccccc2)CC1. The Bertz CT molecular complexity index is 409. The van der Waals surface area contributed by atoms with Crippen LogP contribution in [0.25, 0.3) is 0 Å². The van der Waals surface area contributed by atoms with Crippen molar-refractivity contribution in [3.05, 3.63) is 47.5 Å². The molecule has 1 aliphatic rings. The van der Waals surface area contributed by atoms with E-state index in [1.54, 1.807) is 0 Å². The van der Waals surface area contributed by atoms with Crippen molar-refractivity contribution in [1.82, 2.24) is 5.32 Å². The van der Waals surface area contributed by atoms with E-state index in [4.69, 9.17) is 11.6 Å². The number of rotatable bonds is 4. The van der Waals surface area contributed by atoms with Gasteiger partial charge in [0.25, 0.3) is 0 Å². The van der Waals surface area contributed by atoms with Gasteiger partial charge in [0.05, 0.1) is 12.0 Å². The highest BCUT2D eigenvalue weighted by molar-refractivity contribution is 6.29. The zero-order chi connectivity index (χ0) is 11.6. The number of nitrogens with one attached hydrogen (secondary N) is 1. The molecule has 16 heavy (non-hydrogen) atoms. The number of carbonyl (C=O) groups excluding carboxylic acids is 1. The summed E-state index contributed by atoms with van der Waals surface area (Å²) in [6.07, 6.45) is 1.83. The molecule has 1 saturated carbocycles. The summed E-state index contributed by atoms with van der Waals surface area (Å²) in [7, 11) is 0. The molecular weight excluding hydrogens is 222 g/mol. The Morgan fingerprint density at radius 2 is 2.00 bits per heavy atom.